The molecule has 1 aliphatic carbocycles. The fourth-order valence-electron chi connectivity index (χ4n) is 3.15. The molecule has 1 unspecified atom stereocenters. The lowest BCUT2D eigenvalue weighted by molar-refractivity contribution is -0.151. The second-order valence-electron chi connectivity index (χ2n) is 7.31. The van der Waals surface area contributed by atoms with Crippen LogP contribution in [0.2, 0.25) is 0 Å². The van der Waals surface area contributed by atoms with E-state index in [1.54, 1.807) is 0 Å². The van der Waals surface area contributed by atoms with Crippen molar-refractivity contribution in [2.24, 2.45) is 10.8 Å². The highest BCUT2D eigenvalue weighted by molar-refractivity contribution is 6.01. The maximum Gasteiger partial charge on any atom is 0.314 e. The van der Waals surface area contributed by atoms with Gasteiger partial charge >= 0.3 is 5.97 Å². The maximum atomic E-state index is 11.9. The van der Waals surface area contributed by atoms with E-state index < -0.39 is 11.4 Å². The van der Waals surface area contributed by atoms with Crippen molar-refractivity contribution >= 4 is 22.0 Å². The van der Waals surface area contributed by atoms with Crippen LogP contribution in [-0.4, -0.2) is 21.6 Å². The summed E-state index contributed by atoms with van der Waals surface area (Å²) in [5, 5.41) is 9.76. The van der Waals surface area contributed by atoms with Gasteiger partial charge in [0.25, 0.3) is 0 Å². The Morgan fingerprint density at radius 3 is 2.39 bits per heavy atom. The van der Waals surface area contributed by atoms with Gasteiger partial charge < -0.3 is 9.53 Å². The van der Waals surface area contributed by atoms with Crippen molar-refractivity contribution in [2.45, 2.75) is 41.0 Å². The van der Waals surface area contributed by atoms with Crippen LogP contribution >= 0.6 is 0 Å². The average Bonchev–Trinajstić information content (AvgIpc) is 2.48. The molecule has 0 saturated carbocycles. The first kappa shape index (κ1) is 17.5. The van der Waals surface area contributed by atoms with E-state index in [0.717, 1.165) is 22.4 Å². The molecule has 0 aromatic heterocycles. The summed E-state index contributed by atoms with van der Waals surface area (Å²) >= 11 is 0. The Morgan fingerprint density at radius 1 is 1.30 bits per heavy atom. The number of carboxylic acids is 1. The van der Waals surface area contributed by atoms with E-state index in [4.69, 9.17) is 4.43 Å². The van der Waals surface area contributed by atoms with E-state index in [2.05, 4.69) is 26.0 Å². The lowest BCUT2D eigenvalue weighted by Crippen LogP contribution is -2.41. The van der Waals surface area contributed by atoms with Crippen LogP contribution in [0.15, 0.2) is 30.4 Å². The second kappa shape index (κ2) is 6.00. The number of carboxylic acid groups (broad SMARTS) is 1. The van der Waals surface area contributed by atoms with Crippen LogP contribution in [0.25, 0.3) is 5.57 Å². The summed E-state index contributed by atoms with van der Waals surface area (Å²) in [5.74, 6) is 0.155. The Hall–Kier alpha value is -1.81. The third kappa shape index (κ3) is 2.88. The standard InChI is InChI=1S/C19H26O3Si/c1-12-6-7-15(16(22-23)13(12)2)14-8-10-19(11-9-14,17(20)21)18(3,4)5/h6-10H,11H2,1-5,23H3,(H,20,21). The molecule has 0 amide bonds. The first-order chi connectivity index (χ1) is 10.6. The normalized spacial score (nSPS) is 21.2. The summed E-state index contributed by atoms with van der Waals surface area (Å²) < 4.78 is 5.72. The topological polar surface area (TPSA) is 46.5 Å². The molecule has 1 aromatic rings. The molecule has 23 heavy (non-hydrogen) atoms. The minimum absolute atomic E-state index is 0.350. The Kier molecular flexibility index (Phi) is 4.58. The van der Waals surface area contributed by atoms with Crippen molar-refractivity contribution in [3.63, 3.8) is 0 Å². The van der Waals surface area contributed by atoms with Crippen LogP contribution in [0.3, 0.4) is 0 Å². The first-order valence-electron chi connectivity index (χ1n) is 7.91. The van der Waals surface area contributed by atoms with Crippen molar-refractivity contribution in [3.05, 3.63) is 47.1 Å². The van der Waals surface area contributed by atoms with Gasteiger partial charge in [-0.2, -0.15) is 0 Å². The Balaban J connectivity index is 2.47. The van der Waals surface area contributed by atoms with Crippen LogP contribution < -0.4 is 4.43 Å². The summed E-state index contributed by atoms with van der Waals surface area (Å²) in [6.45, 7) is 10.1. The maximum absolute atomic E-state index is 11.9. The van der Waals surface area contributed by atoms with Gasteiger partial charge in [0.15, 0.2) is 0 Å². The zero-order valence-corrected chi connectivity index (χ0v) is 16.9. The summed E-state index contributed by atoms with van der Waals surface area (Å²) in [6.07, 6.45) is 6.33. The van der Waals surface area contributed by atoms with Gasteiger partial charge in [-0.3, -0.25) is 4.79 Å². The van der Waals surface area contributed by atoms with Gasteiger partial charge in [-0.15, -0.1) is 0 Å². The van der Waals surface area contributed by atoms with Crippen LogP contribution in [0, 0.1) is 24.7 Å². The zero-order valence-electron chi connectivity index (χ0n) is 14.9. The molecular weight excluding hydrogens is 304 g/mol. The van der Waals surface area contributed by atoms with Crippen molar-refractivity contribution in [3.8, 4) is 5.75 Å². The van der Waals surface area contributed by atoms with E-state index in [1.807, 2.05) is 39.0 Å². The van der Waals surface area contributed by atoms with Crippen LogP contribution in [0.5, 0.6) is 5.75 Å². The van der Waals surface area contributed by atoms with Gasteiger partial charge in [-0.1, -0.05) is 51.1 Å². The smallest absolute Gasteiger partial charge is 0.314 e. The van der Waals surface area contributed by atoms with E-state index in [1.165, 1.54) is 5.56 Å². The fourth-order valence-corrected chi connectivity index (χ4v) is 3.68. The van der Waals surface area contributed by atoms with Gasteiger partial charge in [-0.25, -0.2) is 0 Å². The molecule has 4 heteroatoms. The molecule has 124 valence electrons. The number of hydrogen-bond donors (Lipinski definition) is 1. The molecule has 0 radical (unpaired) electrons. The average molecular weight is 331 g/mol. The molecule has 0 heterocycles. The Labute approximate surface area is 141 Å². The first-order valence-corrected chi connectivity index (χ1v) is 8.73. The summed E-state index contributed by atoms with van der Waals surface area (Å²) in [5.41, 5.74) is 3.23. The molecule has 1 aliphatic rings. The van der Waals surface area contributed by atoms with Gasteiger partial charge in [0.1, 0.15) is 5.75 Å². The van der Waals surface area contributed by atoms with Crippen LogP contribution in [0.4, 0.5) is 0 Å². The highest BCUT2D eigenvalue weighted by atomic mass is 28.2. The van der Waals surface area contributed by atoms with Crippen molar-refractivity contribution in [1.29, 1.82) is 0 Å². The third-order valence-corrected chi connectivity index (χ3v) is 5.51. The molecule has 0 fully saturated rings. The molecule has 2 rings (SSSR count). The number of carbonyl (C=O) groups is 1. The predicted molar refractivity (Wildman–Crippen MR) is 97.7 cm³/mol. The lowest BCUT2D eigenvalue weighted by atomic mass is 9.62. The minimum Gasteiger partial charge on any atom is -0.553 e. The molecule has 1 atom stereocenters. The van der Waals surface area contributed by atoms with Gasteiger partial charge in [-0.05, 0) is 42.4 Å². The van der Waals surface area contributed by atoms with Gasteiger partial charge in [0.05, 0.1) is 5.41 Å². The van der Waals surface area contributed by atoms with E-state index in [-0.39, 0.29) is 5.41 Å². The van der Waals surface area contributed by atoms with Crippen molar-refractivity contribution in [2.75, 3.05) is 0 Å². The molecule has 0 spiro atoms. The van der Waals surface area contributed by atoms with Gasteiger partial charge in [0, 0.05) is 5.56 Å². The number of hydrogen-bond acceptors (Lipinski definition) is 2. The molecule has 1 aromatic carbocycles. The van der Waals surface area contributed by atoms with Crippen molar-refractivity contribution < 1.29 is 14.3 Å². The summed E-state index contributed by atoms with van der Waals surface area (Å²) in [6, 6.07) is 4.16. The van der Waals surface area contributed by atoms with Gasteiger partial charge in [0.2, 0.25) is 10.5 Å². The molecule has 3 nitrogen and oxygen atoms in total. The molecular formula is C19H26O3Si. The highest BCUT2D eigenvalue weighted by Gasteiger charge is 2.46. The van der Waals surface area contributed by atoms with Crippen molar-refractivity contribution in [1.82, 2.24) is 0 Å². The fraction of sp³-hybridized carbons (Fsp3) is 0.421. The Bertz CT molecular complexity index is 695. The molecule has 0 saturated heterocycles. The Morgan fingerprint density at radius 2 is 1.96 bits per heavy atom. The number of aliphatic carboxylic acids is 1. The largest absolute Gasteiger partial charge is 0.553 e. The molecule has 1 N–H and O–H groups in total. The van der Waals surface area contributed by atoms with Crippen LogP contribution in [-0.2, 0) is 4.79 Å². The number of aryl methyl sites for hydroxylation is 1. The summed E-state index contributed by atoms with van der Waals surface area (Å²) in [4.78, 5) is 11.9. The molecule has 0 bridgehead atoms. The monoisotopic (exact) mass is 330 g/mol. The third-order valence-electron chi connectivity index (χ3n) is 5.10. The number of rotatable bonds is 3. The quantitative estimate of drug-likeness (QED) is 0.864. The van der Waals surface area contributed by atoms with E-state index in [9.17, 15) is 9.90 Å². The minimum atomic E-state index is -0.863. The van der Waals surface area contributed by atoms with Crippen LogP contribution in [0.1, 0.15) is 43.9 Å². The van der Waals surface area contributed by atoms with E-state index >= 15 is 0 Å². The predicted octanol–water partition coefficient (Wildman–Crippen LogP) is 3.42. The zero-order chi connectivity index (χ0) is 17.4. The molecule has 0 aliphatic heterocycles. The summed E-state index contributed by atoms with van der Waals surface area (Å²) in [7, 11) is 0.627. The van der Waals surface area contributed by atoms with E-state index in [0.29, 0.717) is 16.9 Å². The number of benzene rings is 1. The highest BCUT2D eigenvalue weighted by Crippen LogP contribution is 2.47. The lowest BCUT2D eigenvalue weighted by Gasteiger charge is -2.40. The second-order valence-corrected chi connectivity index (χ2v) is 7.72. The number of allylic oxidation sites excluding steroid dienone is 3. The SMILES string of the molecule is Cc1ccc(C2=CCC(C(=O)O)(C(C)(C)C)C=C2)c(O[SiH3])c1C.